The van der Waals surface area contributed by atoms with E-state index in [2.05, 4.69) is 34.1 Å². The molecule has 1 saturated carbocycles. The maximum absolute atomic E-state index is 10.3. The van der Waals surface area contributed by atoms with E-state index in [1.165, 1.54) is 4.88 Å². The molecule has 0 aliphatic heterocycles. The quantitative estimate of drug-likeness (QED) is 0.259. The molecular weight excluding hydrogens is 452 g/mol. The molecule has 0 saturated heterocycles. The molecule has 0 spiro atoms. The number of aryl methyl sites for hydroxylation is 1. The van der Waals surface area contributed by atoms with Crippen molar-refractivity contribution in [3.05, 3.63) is 45.1 Å². The van der Waals surface area contributed by atoms with Crippen molar-refractivity contribution in [2.75, 3.05) is 6.61 Å². The fourth-order valence-corrected chi connectivity index (χ4v) is 5.38. The van der Waals surface area contributed by atoms with Crippen molar-refractivity contribution in [3.63, 3.8) is 0 Å². The van der Waals surface area contributed by atoms with Crippen molar-refractivity contribution >= 4 is 27.3 Å². The highest BCUT2D eigenvalue weighted by molar-refractivity contribution is 9.11. The van der Waals surface area contributed by atoms with Gasteiger partial charge in [-0.2, -0.15) is 0 Å². The Morgan fingerprint density at radius 3 is 2.69 bits per heavy atom. The fraction of sp³-hybridized carbons (Fsp3) is 0.652. The van der Waals surface area contributed by atoms with E-state index in [-0.39, 0.29) is 18.4 Å². The fourth-order valence-electron chi connectivity index (χ4n) is 3.88. The molecule has 1 fully saturated rings. The minimum Gasteiger partial charge on any atom is -0.396 e. The zero-order chi connectivity index (χ0) is 21.2. The number of thiophene rings is 1. The molecule has 0 amide bonds. The van der Waals surface area contributed by atoms with Crippen molar-refractivity contribution in [2.24, 2.45) is 17.8 Å². The van der Waals surface area contributed by atoms with E-state index >= 15 is 0 Å². The Hall–Kier alpha value is -0.500. The molecule has 1 aromatic rings. The van der Waals surface area contributed by atoms with Crippen LogP contribution in [0.1, 0.15) is 50.3 Å². The molecule has 0 bridgehead atoms. The zero-order valence-corrected chi connectivity index (χ0v) is 19.6. The first kappa shape index (κ1) is 24.8. The summed E-state index contributed by atoms with van der Waals surface area (Å²) in [4.78, 5) is 1.23. The Bertz CT molecular complexity index is 645. The van der Waals surface area contributed by atoms with Crippen LogP contribution in [-0.2, 0) is 6.42 Å². The highest BCUT2D eigenvalue weighted by Crippen LogP contribution is 2.36. The van der Waals surface area contributed by atoms with E-state index in [9.17, 15) is 15.3 Å². The molecule has 6 atom stereocenters. The number of rotatable bonds is 12. The van der Waals surface area contributed by atoms with Gasteiger partial charge in [-0.3, -0.25) is 0 Å². The van der Waals surface area contributed by atoms with Crippen LogP contribution in [0.15, 0.2) is 40.2 Å². The van der Waals surface area contributed by atoms with Crippen LogP contribution in [0.5, 0.6) is 0 Å². The minimum atomic E-state index is -0.564. The molecule has 0 unspecified atom stereocenters. The Balaban J connectivity index is 1.79. The lowest BCUT2D eigenvalue weighted by Crippen LogP contribution is -2.20. The highest BCUT2D eigenvalue weighted by atomic mass is 79.9. The van der Waals surface area contributed by atoms with Gasteiger partial charge in [0.15, 0.2) is 0 Å². The summed E-state index contributed by atoms with van der Waals surface area (Å²) in [5.41, 5.74) is 0. The molecule has 2 rings (SSSR count). The van der Waals surface area contributed by atoms with Gasteiger partial charge in [0.2, 0.25) is 0 Å². The predicted molar refractivity (Wildman–Crippen MR) is 123 cm³/mol. The molecule has 4 N–H and O–H groups in total. The molecule has 0 aromatic carbocycles. The summed E-state index contributed by atoms with van der Waals surface area (Å²) < 4.78 is 1.10. The Morgan fingerprint density at radius 2 is 2.00 bits per heavy atom. The molecule has 1 aromatic heterocycles. The number of aliphatic hydroxyl groups excluding tert-OH is 4. The van der Waals surface area contributed by atoms with Crippen molar-refractivity contribution in [2.45, 2.75) is 70.2 Å². The maximum atomic E-state index is 10.3. The average Bonchev–Trinajstić information content (AvgIpc) is 3.23. The smallest absolute Gasteiger partial charge is 0.0724 e. The Labute approximate surface area is 187 Å². The summed E-state index contributed by atoms with van der Waals surface area (Å²) in [5.74, 6) is 0.196. The number of allylic oxidation sites excluding steroid dienone is 2. The summed E-state index contributed by atoms with van der Waals surface area (Å²) in [6, 6.07) is 4.08. The zero-order valence-electron chi connectivity index (χ0n) is 17.2. The van der Waals surface area contributed by atoms with Gasteiger partial charge >= 0.3 is 0 Å². The molecule has 1 aliphatic carbocycles. The van der Waals surface area contributed by atoms with Gasteiger partial charge in [0.25, 0.3) is 0 Å². The van der Waals surface area contributed by atoms with E-state index in [0.717, 1.165) is 35.9 Å². The van der Waals surface area contributed by atoms with Crippen LogP contribution in [0.4, 0.5) is 0 Å². The Morgan fingerprint density at radius 1 is 1.21 bits per heavy atom. The van der Waals surface area contributed by atoms with Gasteiger partial charge < -0.3 is 20.4 Å². The second-order valence-corrected chi connectivity index (χ2v) is 10.8. The molecule has 164 valence electrons. The van der Waals surface area contributed by atoms with Crippen LogP contribution < -0.4 is 0 Å². The highest BCUT2D eigenvalue weighted by Gasteiger charge is 2.39. The lowest BCUT2D eigenvalue weighted by atomic mass is 9.89. The molecular formula is C23H35BrO4S. The van der Waals surface area contributed by atoms with Crippen LogP contribution in [0.3, 0.4) is 0 Å². The average molecular weight is 488 g/mol. The van der Waals surface area contributed by atoms with Gasteiger partial charge in [0.1, 0.15) is 0 Å². The van der Waals surface area contributed by atoms with Crippen LogP contribution in [-0.4, -0.2) is 45.3 Å². The number of unbranched alkanes of at least 4 members (excludes halogenated alkanes) is 1. The van der Waals surface area contributed by atoms with Crippen molar-refractivity contribution in [3.8, 4) is 0 Å². The van der Waals surface area contributed by atoms with Gasteiger partial charge in [-0.05, 0) is 78.4 Å². The number of hydrogen-bond donors (Lipinski definition) is 4. The second kappa shape index (κ2) is 13.0. The minimum absolute atomic E-state index is 0.0192. The van der Waals surface area contributed by atoms with Gasteiger partial charge in [0.05, 0.1) is 22.1 Å². The number of halogens is 1. The largest absolute Gasteiger partial charge is 0.396 e. The first-order chi connectivity index (χ1) is 13.9. The Kier molecular flexibility index (Phi) is 11.1. The molecule has 0 radical (unpaired) electrons. The third-order valence-electron chi connectivity index (χ3n) is 5.74. The van der Waals surface area contributed by atoms with Crippen molar-refractivity contribution in [1.82, 2.24) is 0 Å². The van der Waals surface area contributed by atoms with Crippen LogP contribution in [0.25, 0.3) is 0 Å². The second-order valence-electron chi connectivity index (χ2n) is 8.23. The first-order valence-electron chi connectivity index (χ1n) is 10.6. The number of aliphatic hydroxyl groups is 4. The monoisotopic (exact) mass is 486 g/mol. The molecule has 1 heterocycles. The molecule has 6 heteroatoms. The van der Waals surface area contributed by atoms with Crippen molar-refractivity contribution in [1.29, 1.82) is 0 Å². The van der Waals surface area contributed by atoms with E-state index in [0.29, 0.717) is 18.8 Å². The predicted octanol–water partition coefficient (Wildman–Crippen LogP) is 4.46. The van der Waals surface area contributed by atoms with Crippen LogP contribution in [0, 0.1) is 17.8 Å². The molecule has 29 heavy (non-hydrogen) atoms. The van der Waals surface area contributed by atoms with E-state index < -0.39 is 18.3 Å². The molecule has 1 aliphatic rings. The summed E-state index contributed by atoms with van der Waals surface area (Å²) in [6.45, 7) is 2.28. The summed E-state index contributed by atoms with van der Waals surface area (Å²) in [6.07, 6.45) is 11.9. The third kappa shape index (κ3) is 8.64. The standard InChI is InChI=1S/C23H35BrO4S/c1-16(15-25)6-4-2-3-5-7-19-20(22(28)14-21(19)27)12-9-17(26)8-10-18-11-13-23(24)29-18/h3,5,9,11-13,16-17,19-22,25-28H,2,4,6-8,10,14-15H2,1H3/b5-3-,12-9+/t16-,17+,19-,20-,21+,22-/m1/s1. The van der Waals surface area contributed by atoms with E-state index in [4.69, 9.17) is 5.11 Å². The lowest BCUT2D eigenvalue weighted by molar-refractivity contribution is 0.120. The van der Waals surface area contributed by atoms with Gasteiger partial charge in [-0.1, -0.05) is 31.2 Å². The summed E-state index contributed by atoms with van der Waals surface area (Å²) in [7, 11) is 0. The van der Waals surface area contributed by atoms with Gasteiger partial charge in [0, 0.05) is 23.8 Å². The lowest BCUT2D eigenvalue weighted by Gasteiger charge is -2.19. The third-order valence-corrected chi connectivity index (χ3v) is 7.42. The van der Waals surface area contributed by atoms with Crippen LogP contribution >= 0.6 is 27.3 Å². The van der Waals surface area contributed by atoms with Crippen LogP contribution in [0.2, 0.25) is 0 Å². The molecule has 4 nitrogen and oxygen atoms in total. The topological polar surface area (TPSA) is 80.9 Å². The summed E-state index contributed by atoms with van der Waals surface area (Å²) in [5, 5.41) is 40.0. The van der Waals surface area contributed by atoms with Gasteiger partial charge in [-0.15, -0.1) is 11.3 Å². The first-order valence-corrected chi connectivity index (χ1v) is 12.2. The maximum Gasteiger partial charge on any atom is 0.0724 e. The SMILES string of the molecule is C[C@@H](CO)CCC/C=C\C[C@@H]1[C@@H](/C=C/[C@@H](O)CCc2ccc(Br)s2)[C@H](O)C[C@@H]1O. The number of hydrogen-bond acceptors (Lipinski definition) is 5. The van der Waals surface area contributed by atoms with Crippen molar-refractivity contribution < 1.29 is 20.4 Å². The van der Waals surface area contributed by atoms with E-state index in [1.54, 1.807) is 17.4 Å². The van der Waals surface area contributed by atoms with E-state index in [1.807, 2.05) is 19.1 Å². The normalized spacial score (nSPS) is 27.2. The van der Waals surface area contributed by atoms with Gasteiger partial charge in [-0.25, -0.2) is 0 Å². The summed E-state index contributed by atoms with van der Waals surface area (Å²) >= 11 is 5.13.